The van der Waals surface area contributed by atoms with Crippen LogP contribution in [0.1, 0.15) is 41.5 Å². The monoisotopic (exact) mass is 277 g/mol. The molecule has 2 heterocycles. The number of hydrogen-bond donors (Lipinski definition) is 3. The van der Waals surface area contributed by atoms with Gasteiger partial charge < -0.3 is 10.3 Å². The predicted octanol–water partition coefficient (Wildman–Crippen LogP) is -0.293. The topological polar surface area (TPSA) is 107 Å². The highest BCUT2D eigenvalue weighted by Crippen LogP contribution is 2.37. The molecule has 8 nitrogen and oxygen atoms in total. The predicted molar refractivity (Wildman–Crippen MR) is 69.0 cm³/mol. The average molecular weight is 277 g/mol. The Morgan fingerprint density at radius 1 is 1.40 bits per heavy atom. The summed E-state index contributed by atoms with van der Waals surface area (Å²) in [5, 5.41) is 3.82. The molecule has 0 radical (unpaired) electrons. The van der Waals surface area contributed by atoms with E-state index in [2.05, 4.69) is 20.7 Å². The number of aromatic nitrogens is 2. The Kier molecular flexibility index (Phi) is 3.13. The first-order chi connectivity index (χ1) is 9.63. The summed E-state index contributed by atoms with van der Waals surface area (Å²) in [6, 6.07) is 0.792. The number of urea groups is 1. The van der Waals surface area contributed by atoms with Gasteiger partial charge in [0.05, 0.1) is 0 Å². The molecular formula is C12H15N5O3. The summed E-state index contributed by atoms with van der Waals surface area (Å²) in [7, 11) is 0. The third-order valence-corrected chi connectivity index (χ3v) is 3.27. The first-order valence-electron chi connectivity index (χ1n) is 6.61. The van der Waals surface area contributed by atoms with Crippen molar-refractivity contribution < 1.29 is 9.59 Å². The van der Waals surface area contributed by atoms with Crippen molar-refractivity contribution in [3.63, 3.8) is 0 Å². The van der Waals surface area contributed by atoms with Crippen LogP contribution in [0.4, 0.5) is 4.79 Å². The number of H-pyrrole nitrogens is 1. The lowest BCUT2D eigenvalue weighted by Gasteiger charge is -2.27. The molecule has 20 heavy (non-hydrogen) atoms. The van der Waals surface area contributed by atoms with Crippen LogP contribution in [0.3, 0.4) is 0 Å². The minimum atomic E-state index is -0.546. The maximum Gasteiger partial charge on any atom is 0.336 e. The molecule has 1 saturated heterocycles. The van der Waals surface area contributed by atoms with Crippen molar-refractivity contribution in [2.75, 3.05) is 13.1 Å². The van der Waals surface area contributed by atoms with Gasteiger partial charge >= 0.3 is 6.03 Å². The van der Waals surface area contributed by atoms with E-state index in [1.54, 1.807) is 0 Å². The summed E-state index contributed by atoms with van der Waals surface area (Å²) in [6.45, 7) is 1.04. The molecule has 1 aromatic heterocycles. The number of amides is 3. The normalized spacial score (nSPS) is 18.6. The van der Waals surface area contributed by atoms with E-state index in [0.29, 0.717) is 18.9 Å². The number of nitrogens with zero attached hydrogens (tertiary/aromatic N) is 2. The molecule has 3 amide bonds. The molecule has 2 aliphatic rings. The lowest BCUT2D eigenvalue weighted by molar-refractivity contribution is 0.0803. The van der Waals surface area contributed by atoms with Crippen molar-refractivity contribution in [2.24, 2.45) is 0 Å². The highest BCUT2D eigenvalue weighted by molar-refractivity contribution is 5.93. The highest BCUT2D eigenvalue weighted by Gasteiger charge is 2.28. The SMILES string of the molecule is O=C(NN1CCCNC1=O)c1cc(=O)[nH]c(C2CC2)n1. The molecule has 0 aromatic carbocycles. The number of aromatic amines is 1. The van der Waals surface area contributed by atoms with Gasteiger partial charge in [0, 0.05) is 25.1 Å². The summed E-state index contributed by atoms with van der Waals surface area (Å²) in [6.07, 6.45) is 2.70. The fourth-order valence-corrected chi connectivity index (χ4v) is 2.06. The number of rotatable bonds is 3. The molecule has 1 aliphatic heterocycles. The second-order valence-corrected chi connectivity index (χ2v) is 4.97. The van der Waals surface area contributed by atoms with Gasteiger partial charge in [-0.1, -0.05) is 0 Å². The molecule has 1 saturated carbocycles. The summed E-state index contributed by atoms with van der Waals surface area (Å²) in [4.78, 5) is 41.9. The lowest BCUT2D eigenvalue weighted by atomic mass is 10.3. The summed E-state index contributed by atoms with van der Waals surface area (Å²) in [5.74, 6) is 0.245. The van der Waals surface area contributed by atoms with Crippen LogP contribution in [-0.4, -0.2) is 40.0 Å². The van der Waals surface area contributed by atoms with Crippen molar-refractivity contribution in [2.45, 2.75) is 25.2 Å². The van der Waals surface area contributed by atoms with Crippen LogP contribution < -0.4 is 16.3 Å². The molecule has 0 spiro atoms. The zero-order valence-corrected chi connectivity index (χ0v) is 10.8. The molecule has 0 atom stereocenters. The van der Waals surface area contributed by atoms with Crippen molar-refractivity contribution in [3.05, 3.63) is 27.9 Å². The second-order valence-electron chi connectivity index (χ2n) is 4.97. The van der Waals surface area contributed by atoms with E-state index in [9.17, 15) is 14.4 Å². The lowest BCUT2D eigenvalue weighted by Crippen LogP contribution is -2.55. The smallest absolute Gasteiger partial charge is 0.336 e. The van der Waals surface area contributed by atoms with Crippen LogP contribution in [0.25, 0.3) is 0 Å². The summed E-state index contributed by atoms with van der Waals surface area (Å²) < 4.78 is 0. The molecular weight excluding hydrogens is 262 g/mol. The minimum absolute atomic E-state index is 0.0361. The molecule has 1 aromatic rings. The number of hydrogen-bond acceptors (Lipinski definition) is 4. The van der Waals surface area contributed by atoms with Crippen LogP contribution in [0.2, 0.25) is 0 Å². The fraction of sp³-hybridized carbons (Fsp3) is 0.500. The molecule has 106 valence electrons. The van der Waals surface area contributed by atoms with E-state index in [1.807, 2.05) is 0 Å². The number of carbonyl (C=O) groups excluding carboxylic acids is 2. The third kappa shape index (κ3) is 2.63. The zero-order valence-electron chi connectivity index (χ0n) is 10.8. The Labute approximate surface area is 114 Å². The van der Waals surface area contributed by atoms with E-state index >= 15 is 0 Å². The van der Waals surface area contributed by atoms with Gasteiger partial charge in [-0.15, -0.1) is 0 Å². The van der Waals surface area contributed by atoms with Crippen molar-refractivity contribution in [1.82, 2.24) is 25.7 Å². The van der Waals surface area contributed by atoms with Gasteiger partial charge in [-0.3, -0.25) is 15.0 Å². The van der Waals surface area contributed by atoms with Gasteiger partial charge in [0.1, 0.15) is 11.5 Å². The molecule has 3 N–H and O–H groups in total. The van der Waals surface area contributed by atoms with Crippen LogP contribution in [0, 0.1) is 0 Å². The first kappa shape index (κ1) is 12.6. The molecule has 1 aliphatic carbocycles. The van der Waals surface area contributed by atoms with Gasteiger partial charge in [-0.25, -0.2) is 14.8 Å². The number of hydrazine groups is 1. The van der Waals surface area contributed by atoms with E-state index in [1.165, 1.54) is 5.01 Å². The maximum atomic E-state index is 12.1. The Bertz CT molecular complexity index is 607. The zero-order chi connectivity index (χ0) is 14.1. The van der Waals surface area contributed by atoms with Gasteiger partial charge in [0.25, 0.3) is 11.5 Å². The van der Waals surface area contributed by atoms with E-state index < -0.39 is 5.91 Å². The Hall–Kier alpha value is -2.38. The molecule has 2 fully saturated rings. The largest absolute Gasteiger partial charge is 0.336 e. The maximum absolute atomic E-state index is 12.1. The van der Waals surface area contributed by atoms with Crippen LogP contribution >= 0.6 is 0 Å². The van der Waals surface area contributed by atoms with Gasteiger partial charge in [-0.05, 0) is 19.3 Å². The second kappa shape index (κ2) is 4.95. The molecule has 0 bridgehead atoms. The Morgan fingerprint density at radius 3 is 2.90 bits per heavy atom. The van der Waals surface area contributed by atoms with E-state index in [4.69, 9.17) is 0 Å². The van der Waals surface area contributed by atoms with E-state index in [0.717, 1.165) is 25.3 Å². The minimum Gasteiger partial charge on any atom is -0.336 e. The van der Waals surface area contributed by atoms with Crippen LogP contribution in [-0.2, 0) is 0 Å². The average Bonchev–Trinajstić information content (AvgIpc) is 3.25. The molecule has 0 unspecified atom stereocenters. The van der Waals surface area contributed by atoms with Gasteiger partial charge in [-0.2, -0.15) is 0 Å². The van der Waals surface area contributed by atoms with E-state index in [-0.39, 0.29) is 23.2 Å². The standard InChI is InChI=1S/C12H15N5O3/c18-9-6-8(14-10(15-9)7-2-3-7)11(19)16-17-5-1-4-13-12(17)20/h6-7H,1-5H2,(H,13,20)(H,16,19)(H,14,15,18). The number of nitrogens with one attached hydrogen (secondary N) is 3. The fourth-order valence-electron chi connectivity index (χ4n) is 2.06. The first-order valence-corrected chi connectivity index (χ1v) is 6.61. The quantitative estimate of drug-likeness (QED) is 0.705. The third-order valence-electron chi connectivity index (χ3n) is 3.27. The van der Waals surface area contributed by atoms with Crippen molar-refractivity contribution in [3.8, 4) is 0 Å². The highest BCUT2D eigenvalue weighted by atomic mass is 16.2. The number of carbonyl (C=O) groups is 2. The Balaban J connectivity index is 1.76. The van der Waals surface area contributed by atoms with Crippen molar-refractivity contribution >= 4 is 11.9 Å². The summed E-state index contributed by atoms with van der Waals surface area (Å²) >= 11 is 0. The van der Waals surface area contributed by atoms with Crippen LogP contribution in [0.5, 0.6) is 0 Å². The van der Waals surface area contributed by atoms with Crippen molar-refractivity contribution in [1.29, 1.82) is 0 Å². The van der Waals surface area contributed by atoms with Crippen LogP contribution in [0.15, 0.2) is 10.9 Å². The molecule has 8 heteroatoms. The Morgan fingerprint density at radius 2 is 2.20 bits per heavy atom. The van der Waals surface area contributed by atoms with Gasteiger partial charge in [0.2, 0.25) is 0 Å². The summed E-state index contributed by atoms with van der Waals surface area (Å²) in [5.41, 5.74) is 2.15. The van der Waals surface area contributed by atoms with Gasteiger partial charge in [0.15, 0.2) is 0 Å². The molecule has 3 rings (SSSR count).